The fourth-order valence-corrected chi connectivity index (χ4v) is 3.26. The van der Waals surface area contributed by atoms with E-state index >= 15 is 0 Å². The number of carbonyl (C=O) groups is 1. The first kappa shape index (κ1) is 12.4. The maximum absolute atomic E-state index is 12.7. The van der Waals surface area contributed by atoms with Gasteiger partial charge in [0.2, 0.25) is 0 Å². The second kappa shape index (κ2) is 5.54. The summed E-state index contributed by atoms with van der Waals surface area (Å²) in [4.78, 5) is 12.4. The number of hydrogen-bond donors (Lipinski definition) is 0. The van der Waals surface area contributed by atoms with Crippen molar-refractivity contribution in [3.05, 3.63) is 30.1 Å². The number of Topliss-reactive ketones (excluding diaryl/α,β-unsaturated/α-hetero) is 1. The highest BCUT2D eigenvalue weighted by atomic mass is 32.2. The molecule has 1 saturated carbocycles. The van der Waals surface area contributed by atoms with Crippen molar-refractivity contribution in [1.82, 2.24) is 0 Å². The minimum atomic E-state index is -1.33. The van der Waals surface area contributed by atoms with E-state index in [1.54, 1.807) is 0 Å². The first-order valence-electron chi connectivity index (χ1n) is 5.83. The van der Waals surface area contributed by atoms with Gasteiger partial charge in [0.1, 0.15) is 11.6 Å². The highest BCUT2D eigenvalue weighted by Crippen LogP contribution is 2.26. The van der Waals surface area contributed by atoms with Crippen molar-refractivity contribution < 1.29 is 13.4 Å². The second-order valence-corrected chi connectivity index (χ2v) is 5.84. The van der Waals surface area contributed by atoms with E-state index in [0.29, 0.717) is 4.90 Å². The van der Waals surface area contributed by atoms with Gasteiger partial charge >= 0.3 is 0 Å². The molecule has 2 rings (SSSR count). The largest absolute Gasteiger partial charge is 0.298 e. The molecule has 4 heteroatoms. The molecule has 0 amide bonds. The van der Waals surface area contributed by atoms with E-state index in [1.807, 2.05) is 0 Å². The molecule has 1 aliphatic carbocycles. The van der Waals surface area contributed by atoms with Gasteiger partial charge in [-0.25, -0.2) is 4.39 Å². The van der Waals surface area contributed by atoms with Crippen molar-refractivity contribution in [3.8, 4) is 0 Å². The number of benzene rings is 1. The van der Waals surface area contributed by atoms with Gasteiger partial charge in [0.25, 0.3) is 0 Å². The van der Waals surface area contributed by atoms with Crippen LogP contribution in [0.1, 0.15) is 25.7 Å². The van der Waals surface area contributed by atoms with Gasteiger partial charge in [-0.05, 0) is 37.1 Å². The molecule has 1 atom stereocenters. The lowest BCUT2D eigenvalue weighted by Crippen LogP contribution is -2.18. The molecule has 0 aromatic heterocycles. The lowest BCUT2D eigenvalue weighted by Gasteiger charge is -2.07. The monoisotopic (exact) mass is 254 g/mol. The summed E-state index contributed by atoms with van der Waals surface area (Å²) in [5, 5.41) is 0. The van der Waals surface area contributed by atoms with Crippen molar-refractivity contribution in [3.63, 3.8) is 0 Å². The van der Waals surface area contributed by atoms with Gasteiger partial charge in [-0.2, -0.15) is 0 Å². The Morgan fingerprint density at radius 3 is 2.41 bits per heavy atom. The maximum Gasteiger partial charge on any atom is 0.148 e. The zero-order valence-corrected chi connectivity index (χ0v) is 10.3. The van der Waals surface area contributed by atoms with Crippen LogP contribution in [0.25, 0.3) is 0 Å². The maximum atomic E-state index is 12.7. The molecule has 0 radical (unpaired) electrons. The third-order valence-corrected chi connectivity index (χ3v) is 4.51. The first-order valence-corrected chi connectivity index (χ1v) is 7.15. The SMILES string of the molecule is O=C(CS(=O)c1ccc(F)cc1)C1CCCC1. The number of ketones is 1. The molecule has 1 fully saturated rings. The molecule has 0 spiro atoms. The van der Waals surface area contributed by atoms with Crippen LogP contribution in [0.2, 0.25) is 0 Å². The van der Waals surface area contributed by atoms with Crippen molar-refractivity contribution in [2.75, 3.05) is 5.75 Å². The van der Waals surface area contributed by atoms with Gasteiger partial charge < -0.3 is 0 Å². The Labute approximate surface area is 103 Å². The van der Waals surface area contributed by atoms with Crippen LogP contribution in [0, 0.1) is 11.7 Å². The van der Waals surface area contributed by atoms with E-state index in [1.165, 1.54) is 24.3 Å². The Kier molecular flexibility index (Phi) is 4.05. The predicted molar refractivity (Wildman–Crippen MR) is 64.6 cm³/mol. The number of carbonyl (C=O) groups excluding carboxylic acids is 1. The molecule has 0 aliphatic heterocycles. The van der Waals surface area contributed by atoms with Crippen molar-refractivity contribution in [2.24, 2.45) is 5.92 Å². The van der Waals surface area contributed by atoms with E-state index in [4.69, 9.17) is 0 Å². The summed E-state index contributed by atoms with van der Waals surface area (Å²) >= 11 is 0. The fraction of sp³-hybridized carbons (Fsp3) is 0.462. The van der Waals surface area contributed by atoms with Crippen LogP contribution in [0.4, 0.5) is 4.39 Å². The summed E-state index contributed by atoms with van der Waals surface area (Å²) in [6.45, 7) is 0. The average Bonchev–Trinajstić information content (AvgIpc) is 2.83. The van der Waals surface area contributed by atoms with Crippen LogP contribution in [0.5, 0.6) is 0 Å². The van der Waals surface area contributed by atoms with E-state index in [0.717, 1.165) is 25.7 Å². The van der Waals surface area contributed by atoms with Crippen molar-refractivity contribution >= 4 is 16.6 Å². The van der Waals surface area contributed by atoms with E-state index in [-0.39, 0.29) is 23.3 Å². The zero-order chi connectivity index (χ0) is 12.3. The summed E-state index contributed by atoms with van der Waals surface area (Å²) < 4.78 is 24.6. The molecule has 1 unspecified atom stereocenters. The topological polar surface area (TPSA) is 34.1 Å². The van der Waals surface area contributed by atoms with E-state index < -0.39 is 10.8 Å². The third-order valence-electron chi connectivity index (χ3n) is 3.16. The third kappa shape index (κ3) is 3.22. The molecule has 1 aliphatic rings. The molecule has 17 heavy (non-hydrogen) atoms. The Morgan fingerprint density at radius 2 is 1.82 bits per heavy atom. The second-order valence-electron chi connectivity index (χ2n) is 4.39. The van der Waals surface area contributed by atoms with Gasteiger partial charge in [-0.3, -0.25) is 9.00 Å². The number of halogens is 1. The Hall–Kier alpha value is -1.03. The van der Waals surface area contributed by atoms with Gasteiger partial charge in [0.05, 0.1) is 16.6 Å². The fourth-order valence-electron chi connectivity index (χ4n) is 2.16. The summed E-state index contributed by atoms with van der Waals surface area (Å²) in [6, 6.07) is 5.50. The molecular weight excluding hydrogens is 239 g/mol. The molecule has 0 bridgehead atoms. The number of rotatable bonds is 4. The van der Waals surface area contributed by atoms with Crippen LogP contribution in [0.3, 0.4) is 0 Å². The summed E-state index contributed by atoms with van der Waals surface area (Å²) in [5.41, 5.74) is 0. The molecule has 2 nitrogen and oxygen atoms in total. The molecule has 1 aromatic rings. The minimum Gasteiger partial charge on any atom is -0.298 e. The Bertz CT molecular complexity index is 422. The highest BCUT2D eigenvalue weighted by molar-refractivity contribution is 7.85. The molecule has 0 N–H and O–H groups in total. The molecule has 1 aromatic carbocycles. The Balaban J connectivity index is 1.96. The quantitative estimate of drug-likeness (QED) is 0.828. The van der Waals surface area contributed by atoms with Gasteiger partial charge in [0.15, 0.2) is 0 Å². The standard InChI is InChI=1S/C13H15FO2S/c14-11-5-7-12(8-6-11)17(16)9-13(15)10-3-1-2-4-10/h5-8,10H,1-4,9H2. The van der Waals surface area contributed by atoms with Gasteiger partial charge in [0, 0.05) is 10.8 Å². The van der Waals surface area contributed by atoms with Crippen molar-refractivity contribution in [1.29, 1.82) is 0 Å². The Morgan fingerprint density at radius 1 is 1.24 bits per heavy atom. The number of hydrogen-bond acceptors (Lipinski definition) is 2. The molecule has 92 valence electrons. The van der Waals surface area contributed by atoms with Gasteiger partial charge in [-0.15, -0.1) is 0 Å². The summed E-state index contributed by atoms with van der Waals surface area (Å²) in [7, 11) is -1.33. The first-order chi connectivity index (χ1) is 8.16. The summed E-state index contributed by atoms with van der Waals surface area (Å²) in [6.07, 6.45) is 4.05. The summed E-state index contributed by atoms with van der Waals surface area (Å²) in [5.74, 6) is -0.103. The molecule has 0 saturated heterocycles. The molecular formula is C13H15FO2S. The molecule has 0 heterocycles. The highest BCUT2D eigenvalue weighted by Gasteiger charge is 2.24. The zero-order valence-electron chi connectivity index (χ0n) is 9.52. The van der Waals surface area contributed by atoms with Crippen LogP contribution < -0.4 is 0 Å². The minimum absolute atomic E-state index is 0.0658. The van der Waals surface area contributed by atoms with Crippen LogP contribution >= 0.6 is 0 Å². The predicted octanol–water partition coefficient (Wildman–Crippen LogP) is 2.69. The van der Waals surface area contributed by atoms with Crippen LogP contribution in [-0.4, -0.2) is 15.7 Å². The smallest absolute Gasteiger partial charge is 0.148 e. The van der Waals surface area contributed by atoms with Crippen LogP contribution in [-0.2, 0) is 15.6 Å². The lowest BCUT2D eigenvalue weighted by atomic mass is 10.0. The van der Waals surface area contributed by atoms with E-state index in [9.17, 15) is 13.4 Å². The normalized spacial score (nSPS) is 18.2. The van der Waals surface area contributed by atoms with E-state index in [2.05, 4.69) is 0 Å². The van der Waals surface area contributed by atoms with Crippen molar-refractivity contribution in [2.45, 2.75) is 30.6 Å². The van der Waals surface area contributed by atoms with Crippen LogP contribution in [0.15, 0.2) is 29.2 Å². The van der Waals surface area contributed by atoms with Gasteiger partial charge in [-0.1, -0.05) is 12.8 Å². The lowest BCUT2D eigenvalue weighted by molar-refractivity contribution is -0.120. The average molecular weight is 254 g/mol.